The molecule has 0 N–H and O–H groups in total. The Kier molecular flexibility index (Phi) is 5.57. The monoisotopic (exact) mass is 386 g/mol. The molecule has 0 saturated carbocycles. The van der Waals surface area contributed by atoms with E-state index in [1.165, 1.54) is 0 Å². The summed E-state index contributed by atoms with van der Waals surface area (Å²) in [4.78, 5) is 0. The Labute approximate surface area is 156 Å². The maximum atomic E-state index is 5.16. The van der Waals surface area contributed by atoms with E-state index in [4.69, 9.17) is 4.74 Å². The lowest BCUT2D eigenvalue weighted by molar-refractivity contribution is 0.415. The zero-order chi connectivity index (χ0) is 17.5. The zero-order valence-electron chi connectivity index (χ0n) is 13.7. The highest BCUT2D eigenvalue weighted by Gasteiger charge is 1.96. The van der Waals surface area contributed by atoms with Gasteiger partial charge >= 0.3 is 0 Å². The molecule has 2 heteroatoms. The molecule has 0 amide bonds. The molecular weight excluding hydrogens is 372 g/mol. The molecule has 0 spiro atoms. The van der Waals surface area contributed by atoms with Crippen LogP contribution in [0, 0.1) is 23.7 Å². The molecule has 0 aromatic heterocycles. The van der Waals surface area contributed by atoms with Crippen LogP contribution >= 0.6 is 15.9 Å². The van der Waals surface area contributed by atoms with Gasteiger partial charge in [-0.25, -0.2) is 0 Å². The molecular formula is C23H15BrO. The van der Waals surface area contributed by atoms with Gasteiger partial charge in [0.15, 0.2) is 0 Å². The SMILES string of the molecule is COc1ccc(C#Cc2ccccc2C#Cc2ccc(Br)cc2)cc1. The summed E-state index contributed by atoms with van der Waals surface area (Å²) in [5, 5.41) is 0. The summed E-state index contributed by atoms with van der Waals surface area (Å²) < 4.78 is 6.21. The highest BCUT2D eigenvalue weighted by atomic mass is 79.9. The van der Waals surface area contributed by atoms with Crippen molar-refractivity contribution in [3.63, 3.8) is 0 Å². The standard InChI is InChI=1S/C23H15BrO/c1-25-23-16-10-19(11-17-23)7-13-21-5-3-2-4-20(21)12-6-18-8-14-22(24)15-9-18/h2-5,8-11,14-17H,1H3. The summed E-state index contributed by atoms with van der Waals surface area (Å²) in [6.07, 6.45) is 0. The van der Waals surface area contributed by atoms with E-state index in [1.807, 2.05) is 72.8 Å². The van der Waals surface area contributed by atoms with Crippen LogP contribution < -0.4 is 4.74 Å². The Morgan fingerprint density at radius 2 is 1.12 bits per heavy atom. The van der Waals surface area contributed by atoms with Crippen LogP contribution in [0.25, 0.3) is 0 Å². The van der Waals surface area contributed by atoms with Crippen LogP contribution in [0.4, 0.5) is 0 Å². The fourth-order valence-corrected chi connectivity index (χ4v) is 2.45. The molecule has 0 aliphatic rings. The molecule has 0 saturated heterocycles. The largest absolute Gasteiger partial charge is 0.497 e. The van der Waals surface area contributed by atoms with Crippen molar-refractivity contribution >= 4 is 15.9 Å². The number of methoxy groups -OCH3 is 1. The molecule has 25 heavy (non-hydrogen) atoms. The molecule has 0 atom stereocenters. The molecule has 3 rings (SSSR count). The Morgan fingerprint density at radius 3 is 1.60 bits per heavy atom. The van der Waals surface area contributed by atoms with E-state index >= 15 is 0 Å². The van der Waals surface area contributed by atoms with Gasteiger partial charge in [-0.1, -0.05) is 51.7 Å². The van der Waals surface area contributed by atoms with E-state index in [0.717, 1.165) is 32.5 Å². The van der Waals surface area contributed by atoms with Crippen LogP contribution in [0.3, 0.4) is 0 Å². The first-order valence-electron chi connectivity index (χ1n) is 7.77. The van der Waals surface area contributed by atoms with E-state index in [-0.39, 0.29) is 0 Å². The highest BCUT2D eigenvalue weighted by molar-refractivity contribution is 9.10. The highest BCUT2D eigenvalue weighted by Crippen LogP contribution is 2.12. The maximum absolute atomic E-state index is 5.16. The third-order valence-corrected chi connectivity index (χ3v) is 4.07. The van der Waals surface area contributed by atoms with Gasteiger partial charge in [0.25, 0.3) is 0 Å². The predicted octanol–water partition coefficient (Wildman–Crippen LogP) is 5.26. The number of ether oxygens (including phenoxy) is 1. The second-order valence-electron chi connectivity index (χ2n) is 5.28. The molecule has 0 bridgehead atoms. The summed E-state index contributed by atoms with van der Waals surface area (Å²) in [5.41, 5.74) is 3.76. The number of hydrogen-bond donors (Lipinski definition) is 0. The third kappa shape index (κ3) is 4.77. The van der Waals surface area contributed by atoms with Crippen molar-refractivity contribution in [3.05, 3.63) is 99.5 Å². The number of hydrogen-bond acceptors (Lipinski definition) is 1. The summed E-state index contributed by atoms with van der Waals surface area (Å²) in [7, 11) is 1.65. The molecule has 120 valence electrons. The van der Waals surface area contributed by atoms with Gasteiger partial charge in [0, 0.05) is 26.7 Å². The summed E-state index contributed by atoms with van der Waals surface area (Å²) in [6, 6.07) is 23.6. The second-order valence-corrected chi connectivity index (χ2v) is 6.20. The van der Waals surface area contributed by atoms with Crippen molar-refractivity contribution in [3.8, 4) is 29.4 Å². The van der Waals surface area contributed by atoms with Crippen LogP contribution in [-0.2, 0) is 0 Å². The second kappa shape index (κ2) is 8.25. The Hall–Kier alpha value is -2.94. The third-order valence-electron chi connectivity index (χ3n) is 3.54. The van der Waals surface area contributed by atoms with Gasteiger partial charge in [-0.3, -0.25) is 0 Å². The lowest BCUT2D eigenvalue weighted by Crippen LogP contribution is -1.84. The molecule has 0 radical (unpaired) electrons. The minimum Gasteiger partial charge on any atom is -0.497 e. The topological polar surface area (TPSA) is 9.23 Å². The van der Waals surface area contributed by atoms with Crippen LogP contribution in [0.1, 0.15) is 22.3 Å². The van der Waals surface area contributed by atoms with Gasteiger partial charge in [-0.15, -0.1) is 0 Å². The molecule has 0 aliphatic carbocycles. The molecule has 0 heterocycles. The number of halogens is 1. The number of rotatable bonds is 1. The minimum atomic E-state index is 0.825. The van der Waals surface area contributed by atoms with Crippen LogP contribution in [-0.4, -0.2) is 7.11 Å². The van der Waals surface area contributed by atoms with Gasteiger partial charge < -0.3 is 4.74 Å². The fraction of sp³-hybridized carbons (Fsp3) is 0.0435. The first-order valence-corrected chi connectivity index (χ1v) is 8.56. The first kappa shape index (κ1) is 16.9. The molecule has 0 aliphatic heterocycles. The quantitative estimate of drug-likeness (QED) is 0.518. The van der Waals surface area contributed by atoms with E-state index < -0.39 is 0 Å². The smallest absolute Gasteiger partial charge is 0.118 e. The lowest BCUT2D eigenvalue weighted by atomic mass is 10.1. The molecule has 3 aromatic carbocycles. The first-order chi connectivity index (χ1) is 12.2. The minimum absolute atomic E-state index is 0.825. The summed E-state index contributed by atoms with van der Waals surface area (Å²) in [5.74, 6) is 13.6. The predicted molar refractivity (Wildman–Crippen MR) is 106 cm³/mol. The zero-order valence-corrected chi connectivity index (χ0v) is 15.3. The molecule has 1 nitrogen and oxygen atoms in total. The van der Waals surface area contributed by atoms with Crippen molar-refractivity contribution in [2.75, 3.05) is 7.11 Å². The Bertz CT molecular complexity index is 978. The van der Waals surface area contributed by atoms with Crippen LogP contribution in [0.15, 0.2) is 77.3 Å². The van der Waals surface area contributed by atoms with E-state index in [0.29, 0.717) is 0 Å². The van der Waals surface area contributed by atoms with Gasteiger partial charge in [0.05, 0.1) is 7.11 Å². The van der Waals surface area contributed by atoms with Gasteiger partial charge in [-0.05, 0) is 60.7 Å². The van der Waals surface area contributed by atoms with Crippen molar-refractivity contribution in [1.82, 2.24) is 0 Å². The Morgan fingerprint density at radius 1 is 0.640 bits per heavy atom. The average molecular weight is 387 g/mol. The van der Waals surface area contributed by atoms with Gasteiger partial charge in [-0.2, -0.15) is 0 Å². The van der Waals surface area contributed by atoms with E-state index in [9.17, 15) is 0 Å². The molecule has 0 fully saturated rings. The van der Waals surface area contributed by atoms with Gasteiger partial charge in [0.2, 0.25) is 0 Å². The summed E-state index contributed by atoms with van der Waals surface area (Å²) >= 11 is 3.43. The Balaban J connectivity index is 1.87. The van der Waals surface area contributed by atoms with Crippen LogP contribution in [0.2, 0.25) is 0 Å². The maximum Gasteiger partial charge on any atom is 0.118 e. The molecule has 3 aromatic rings. The van der Waals surface area contributed by atoms with E-state index in [2.05, 4.69) is 39.6 Å². The van der Waals surface area contributed by atoms with Gasteiger partial charge in [0.1, 0.15) is 5.75 Å². The average Bonchev–Trinajstić information content (AvgIpc) is 2.67. The molecule has 0 unspecified atom stereocenters. The van der Waals surface area contributed by atoms with Crippen molar-refractivity contribution in [2.24, 2.45) is 0 Å². The van der Waals surface area contributed by atoms with Crippen molar-refractivity contribution < 1.29 is 4.74 Å². The number of benzene rings is 3. The normalized spacial score (nSPS) is 9.36. The van der Waals surface area contributed by atoms with Crippen molar-refractivity contribution in [1.29, 1.82) is 0 Å². The van der Waals surface area contributed by atoms with Crippen molar-refractivity contribution in [2.45, 2.75) is 0 Å². The van der Waals surface area contributed by atoms with E-state index in [1.54, 1.807) is 7.11 Å². The fourth-order valence-electron chi connectivity index (χ4n) is 2.19. The summed E-state index contributed by atoms with van der Waals surface area (Å²) in [6.45, 7) is 0. The van der Waals surface area contributed by atoms with Crippen LogP contribution in [0.5, 0.6) is 5.75 Å². The lowest BCUT2D eigenvalue weighted by Gasteiger charge is -1.98.